The predicted octanol–water partition coefficient (Wildman–Crippen LogP) is 2.11. The molecule has 2 heterocycles. The van der Waals surface area contributed by atoms with E-state index in [9.17, 15) is 0 Å². The molecule has 26 heavy (non-hydrogen) atoms. The zero-order valence-corrected chi connectivity index (χ0v) is 18.6. The largest absolute Gasteiger partial charge is 0.362 e. The second-order valence-corrected chi connectivity index (χ2v) is 6.13. The van der Waals surface area contributed by atoms with E-state index in [1.807, 2.05) is 49.2 Å². The first-order valence-corrected chi connectivity index (χ1v) is 8.63. The Kier molecular flexibility index (Phi) is 9.39. The summed E-state index contributed by atoms with van der Waals surface area (Å²) < 4.78 is 1.90. The molecule has 0 radical (unpaired) electrons. The number of hydrogen-bond acceptors (Lipinski definition) is 4. The number of pyridine rings is 1. The lowest BCUT2D eigenvalue weighted by Crippen LogP contribution is -2.38. The smallest absolute Gasteiger partial charge is 0.191 e. The number of aryl methyl sites for hydroxylation is 1. The highest BCUT2D eigenvalue weighted by molar-refractivity contribution is 14.0. The van der Waals surface area contributed by atoms with Crippen molar-refractivity contribution in [2.45, 2.75) is 26.8 Å². The maximum absolute atomic E-state index is 4.69. The summed E-state index contributed by atoms with van der Waals surface area (Å²) in [5.74, 6) is 1.77. The third kappa shape index (κ3) is 6.15. The van der Waals surface area contributed by atoms with Crippen LogP contribution >= 0.6 is 24.0 Å². The Bertz CT molecular complexity index is 709. The van der Waals surface area contributed by atoms with Crippen LogP contribution in [0.15, 0.2) is 29.5 Å². The van der Waals surface area contributed by atoms with Gasteiger partial charge in [-0.15, -0.1) is 24.0 Å². The van der Waals surface area contributed by atoms with Gasteiger partial charge in [-0.1, -0.05) is 6.07 Å². The lowest BCUT2D eigenvalue weighted by molar-refractivity contribution is 0.735. The molecule has 0 aromatic carbocycles. The number of anilines is 1. The molecule has 144 valence electrons. The van der Waals surface area contributed by atoms with E-state index in [2.05, 4.69) is 40.6 Å². The topological polar surface area (TPSA) is 70.4 Å². The summed E-state index contributed by atoms with van der Waals surface area (Å²) in [6.07, 6.45) is 4.65. The SMILES string of the molecule is CCNC(=NCc1cccnc1N(C)C)NCCc1cnn(C)c1C.I. The molecule has 0 aliphatic rings. The summed E-state index contributed by atoms with van der Waals surface area (Å²) in [5.41, 5.74) is 3.57. The molecule has 0 saturated heterocycles. The normalized spacial score (nSPS) is 11.0. The Balaban J connectivity index is 0.00000338. The Hall–Kier alpha value is -1.84. The maximum Gasteiger partial charge on any atom is 0.191 e. The van der Waals surface area contributed by atoms with Crippen LogP contribution in [0.3, 0.4) is 0 Å². The second kappa shape index (κ2) is 11.0. The highest BCUT2D eigenvalue weighted by Gasteiger charge is 2.06. The summed E-state index contributed by atoms with van der Waals surface area (Å²) in [4.78, 5) is 11.1. The third-order valence-corrected chi connectivity index (χ3v) is 4.07. The summed E-state index contributed by atoms with van der Waals surface area (Å²) in [6, 6.07) is 4.01. The van der Waals surface area contributed by atoms with E-state index in [1.165, 1.54) is 11.3 Å². The molecule has 0 aliphatic heterocycles. The molecular weight excluding hydrogens is 441 g/mol. The minimum absolute atomic E-state index is 0. The molecule has 0 amide bonds. The molecule has 2 rings (SSSR count). The van der Waals surface area contributed by atoms with Crippen LogP contribution in [0.4, 0.5) is 5.82 Å². The van der Waals surface area contributed by atoms with Crippen molar-refractivity contribution in [1.29, 1.82) is 0 Å². The molecule has 0 bridgehead atoms. The summed E-state index contributed by atoms with van der Waals surface area (Å²) in [7, 11) is 5.96. The Labute approximate surface area is 173 Å². The van der Waals surface area contributed by atoms with Gasteiger partial charge in [0.25, 0.3) is 0 Å². The first-order valence-electron chi connectivity index (χ1n) is 8.63. The minimum Gasteiger partial charge on any atom is -0.362 e. The van der Waals surface area contributed by atoms with Crippen LogP contribution in [0, 0.1) is 6.92 Å². The van der Waals surface area contributed by atoms with Crippen molar-refractivity contribution in [3.05, 3.63) is 41.3 Å². The molecule has 2 aromatic heterocycles. The molecular formula is C18H30IN7. The number of nitrogens with zero attached hydrogens (tertiary/aromatic N) is 5. The molecule has 2 aromatic rings. The molecule has 0 unspecified atom stereocenters. The van der Waals surface area contributed by atoms with Crippen molar-refractivity contribution in [2.24, 2.45) is 12.0 Å². The van der Waals surface area contributed by atoms with Gasteiger partial charge in [0.15, 0.2) is 5.96 Å². The number of aromatic nitrogens is 3. The minimum atomic E-state index is 0. The zero-order valence-electron chi connectivity index (χ0n) is 16.3. The third-order valence-electron chi connectivity index (χ3n) is 4.07. The molecule has 0 fully saturated rings. The highest BCUT2D eigenvalue weighted by Crippen LogP contribution is 2.15. The van der Waals surface area contributed by atoms with Crippen LogP contribution in [-0.4, -0.2) is 47.9 Å². The van der Waals surface area contributed by atoms with Gasteiger partial charge in [-0.3, -0.25) is 4.68 Å². The molecule has 0 spiro atoms. The average Bonchev–Trinajstić information content (AvgIpc) is 2.92. The maximum atomic E-state index is 4.69. The van der Waals surface area contributed by atoms with Gasteiger partial charge in [0.1, 0.15) is 5.82 Å². The van der Waals surface area contributed by atoms with Crippen molar-refractivity contribution in [2.75, 3.05) is 32.1 Å². The standard InChI is InChI=1S/C18H29N7.HI/c1-6-19-18(21-11-9-15-13-23-25(5)14(15)2)22-12-16-8-7-10-20-17(16)24(3)4;/h7-8,10,13H,6,9,11-12H2,1-5H3,(H2,19,21,22);1H. The molecule has 2 N–H and O–H groups in total. The Morgan fingerprint density at radius 3 is 2.65 bits per heavy atom. The van der Waals surface area contributed by atoms with Gasteiger partial charge in [-0.05, 0) is 31.9 Å². The fourth-order valence-corrected chi connectivity index (χ4v) is 2.57. The zero-order chi connectivity index (χ0) is 18.2. The number of guanidine groups is 1. The van der Waals surface area contributed by atoms with Crippen molar-refractivity contribution in [3.63, 3.8) is 0 Å². The van der Waals surface area contributed by atoms with Gasteiger partial charge in [-0.2, -0.15) is 5.10 Å². The van der Waals surface area contributed by atoms with E-state index in [0.717, 1.165) is 36.9 Å². The van der Waals surface area contributed by atoms with Crippen LogP contribution in [0.1, 0.15) is 23.7 Å². The van der Waals surface area contributed by atoms with Crippen molar-refractivity contribution < 1.29 is 0 Å². The van der Waals surface area contributed by atoms with Gasteiger partial charge in [0.2, 0.25) is 0 Å². The lowest BCUT2D eigenvalue weighted by Gasteiger charge is -2.15. The van der Waals surface area contributed by atoms with E-state index in [1.54, 1.807) is 0 Å². The number of aliphatic imine (C=N–C) groups is 1. The van der Waals surface area contributed by atoms with E-state index >= 15 is 0 Å². The number of halogens is 1. The van der Waals surface area contributed by atoms with E-state index in [-0.39, 0.29) is 24.0 Å². The summed E-state index contributed by atoms with van der Waals surface area (Å²) >= 11 is 0. The number of rotatable bonds is 7. The van der Waals surface area contributed by atoms with Gasteiger partial charge in [0.05, 0.1) is 12.7 Å². The fourth-order valence-electron chi connectivity index (χ4n) is 2.57. The molecule has 0 aliphatic carbocycles. The van der Waals surface area contributed by atoms with Crippen molar-refractivity contribution in [1.82, 2.24) is 25.4 Å². The van der Waals surface area contributed by atoms with Gasteiger partial charge in [-0.25, -0.2) is 9.98 Å². The first kappa shape index (κ1) is 22.2. The van der Waals surface area contributed by atoms with Crippen LogP contribution in [0.25, 0.3) is 0 Å². The monoisotopic (exact) mass is 471 g/mol. The van der Waals surface area contributed by atoms with E-state index < -0.39 is 0 Å². The molecule has 0 saturated carbocycles. The molecule has 0 atom stereocenters. The van der Waals surface area contributed by atoms with Crippen LogP contribution in [0.2, 0.25) is 0 Å². The van der Waals surface area contributed by atoms with Gasteiger partial charge in [0, 0.05) is 51.7 Å². The van der Waals surface area contributed by atoms with Crippen LogP contribution in [0.5, 0.6) is 0 Å². The van der Waals surface area contributed by atoms with Gasteiger partial charge >= 0.3 is 0 Å². The summed E-state index contributed by atoms with van der Waals surface area (Å²) in [6.45, 7) is 6.38. The Morgan fingerprint density at radius 2 is 2.04 bits per heavy atom. The van der Waals surface area contributed by atoms with Crippen LogP contribution < -0.4 is 15.5 Å². The Morgan fingerprint density at radius 1 is 1.27 bits per heavy atom. The predicted molar refractivity (Wildman–Crippen MR) is 118 cm³/mol. The summed E-state index contributed by atoms with van der Waals surface area (Å²) in [5, 5.41) is 11.0. The van der Waals surface area contributed by atoms with E-state index in [4.69, 9.17) is 4.99 Å². The highest BCUT2D eigenvalue weighted by atomic mass is 127. The first-order chi connectivity index (χ1) is 12.0. The average molecular weight is 471 g/mol. The quantitative estimate of drug-likeness (QED) is 0.368. The molecule has 8 heteroatoms. The molecule has 7 nitrogen and oxygen atoms in total. The van der Waals surface area contributed by atoms with Gasteiger partial charge < -0.3 is 15.5 Å². The lowest BCUT2D eigenvalue weighted by atomic mass is 10.2. The van der Waals surface area contributed by atoms with E-state index in [0.29, 0.717) is 6.54 Å². The van der Waals surface area contributed by atoms with Crippen molar-refractivity contribution >= 4 is 35.8 Å². The second-order valence-electron chi connectivity index (χ2n) is 6.13. The van der Waals surface area contributed by atoms with Crippen LogP contribution in [-0.2, 0) is 20.0 Å². The van der Waals surface area contributed by atoms with Crippen molar-refractivity contribution in [3.8, 4) is 0 Å². The number of hydrogen-bond donors (Lipinski definition) is 2. The fraction of sp³-hybridized carbons (Fsp3) is 0.500. The number of nitrogens with one attached hydrogen (secondary N) is 2.